The second-order valence-electron chi connectivity index (χ2n) is 6.06. The van der Waals surface area contributed by atoms with Crippen LogP contribution in [0.3, 0.4) is 0 Å². The van der Waals surface area contributed by atoms with Crippen LogP contribution in [0, 0.1) is 0 Å². The molecule has 2 N–H and O–H groups in total. The van der Waals surface area contributed by atoms with Gasteiger partial charge >= 0.3 is 0 Å². The SMILES string of the molecule is CN(C)CC(C)(O)CNCC1Cc2cc(Cl)ccc2O1. The van der Waals surface area contributed by atoms with Gasteiger partial charge in [-0.25, -0.2) is 0 Å². The zero-order chi connectivity index (χ0) is 14.8. The topological polar surface area (TPSA) is 44.7 Å². The van der Waals surface area contributed by atoms with Crippen LogP contribution in [0.1, 0.15) is 12.5 Å². The third-order valence-electron chi connectivity index (χ3n) is 3.30. The van der Waals surface area contributed by atoms with Crippen molar-refractivity contribution in [2.24, 2.45) is 0 Å². The zero-order valence-electron chi connectivity index (χ0n) is 12.3. The monoisotopic (exact) mass is 298 g/mol. The van der Waals surface area contributed by atoms with E-state index in [0.29, 0.717) is 13.1 Å². The van der Waals surface area contributed by atoms with Gasteiger partial charge in [0.15, 0.2) is 0 Å². The first-order valence-electron chi connectivity index (χ1n) is 6.89. The number of hydrogen-bond acceptors (Lipinski definition) is 4. The molecule has 1 aliphatic heterocycles. The Kier molecular flexibility index (Phi) is 4.91. The first kappa shape index (κ1) is 15.6. The Labute approximate surface area is 125 Å². The summed E-state index contributed by atoms with van der Waals surface area (Å²) in [6.07, 6.45) is 0.970. The highest BCUT2D eigenvalue weighted by Gasteiger charge is 2.25. The van der Waals surface area contributed by atoms with E-state index < -0.39 is 5.60 Å². The number of ether oxygens (including phenoxy) is 1. The molecule has 0 saturated carbocycles. The van der Waals surface area contributed by atoms with Gasteiger partial charge in [0.1, 0.15) is 11.9 Å². The number of nitrogens with zero attached hydrogens (tertiary/aromatic N) is 1. The molecule has 0 spiro atoms. The Morgan fingerprint density at radius 2 is 2.25 bits per heavy atom. The third-order valence-corrected chi connectivity index (χ3v) is 3.53. The molecular weight excluding hydrogens is 276 g/mol. The van der Waals surface area contributed by atoms with Crippen LogP contribution in [-0.2, 0) is 6.42 Å². The second kappa shape index (κ2) is 6.31. The molecule has 1 aliphatic rings. The molecule has 1 aromatic carbocycles. The molecule has 0 bridgehead atoms. The summed E-state index contributed by atoms with van der Waals surface area (Å²) >= 11 is 5.97. The average Bonchev–Trinajstić information content (AvgIpc) is 2.68. The number of fused-ring (bicyclic) bond motifs is 1. The van der Waals surface area contributed by atoms with Crippen molar-refractivity contribution >= 4 is 11.6 Å². The first-order chi connectivity index (χ1) is 9.35. The van der Waals surface area contributed by atoms with Crippen LogP contribution >= 0.6 is 11.6 Å². The van der Waals surface area contributed by atoms with E-state index in [1.54, 1.807) is 0 Å². The van der Waals surface area contributed by atoms with Crippen LogP contribution in [0.5, 0.6) is 5.75 Å². The lowest BCUT2D eigenvalue weighted by Crippen LogP contribution is -2.47. The summed E-state index contributed by atoms with van der Waals surface area (Å²) < 4.78 is 5.84. The molecule has 0 saturated heterocycles. The third kappa shape index (κ3) is 4.35. The number of halogens is 1. The van der Waals surface area contributed by atoms with Gasteiger partial charge in [0.2, 0.25) is 0 Å². The van der Waals surface area contributed by atoms with Crippen molar-refractivity contribution in [1.82, 2.24) is 10.2 Å². The maximum atomic E-state index is 10.2. The van der Waals surface area contributed by atoms with E-state index in [1.807, 2.05) is 44.1 Å². The van der Waals surface area contributed by atoms with Gasteiger partial charge in [0.05, 0.1) is 5.60 Å². The predicted molar refractivity (Wildman–Crippen MR) is 81.6 cm³/mol. The molecule has 2 atom stereocenters. The van der Waals surface area contributed by atoms with Crippen molar-refractivity contribution in [3.8, 4) is 5.75 Å². The van der Waals surface area contributed by atoms with Crippen molar-refractivity contribution in [2.45, 2.75) is 25.0 Å². The Morgan fingerprint density at radius 3 is 2.95 bits per heavy atom. The normalized spacial score (nSPS) is 20.6. The number of likely N-dealkylation sites (N-methyl/N-ethyl adjacent to an activating group) is 1. The summed E-state index contributed by atoms with van der Waals surface area (Å²) in [5.74, 6) is 0.918. The molecule has 0 aromatic heterocycles. The Morgan fingerprint density at radius 1 is 1.50 bits per heavy atom. The standard InChI is InChI=1S/C15H23ClN2O2/c1-15(19,10-18(2)3)9-17-8-13-7-11-6-12(16)4-5-14(11)20-13/h4-6,13,17,19H,7-10H2,1-3H3. The molecule has 112 valence electrons. The Bertz CT molecular complexity index is 463. The van der Waals surface area contributed by atoms with Crippen LogP contribution in [-0.4, -0.2) is 55.4 Å². The number of nitrogens with one attached hydrogen (secondary N) is 1. The van der Waals surface area contributed by atoms with Crippen LogP contribution in [0.25, 0.3) is 0 Å². The van der Waals surface area contributed by atoms with Crippen LogP contribution in [0.15, 0.2) is 18.2 Å². The van der Waals surface area contributed by atoms with Gasteiger partial charge in [-0.15, -0.1) is 0 Å². The van der Waals surface area contributed by atoms with E-state index in [-0.39, 0.29) is 6.10 Å². The maximum absolute atomic E-state index is 10.2. The molecule has 1 aromatic rings. The minimum atomic E-state index is -0.738. The lowest BCUT2D eigenvalue weighted by molar-refractivity contribution is 0.0320. The summed E-state index contributed by atoms with van der Waals surface area (Å²) in [7, 11) is 3.91. The van der Waals surface area contributed by atoms with Gasteiger partial charge in [-0.05, 0) is 44.8 Å². The van der Waals surface area contributed by atoms with Crippen molar-refractivity contribution in [2.75, 3.05) is 33.7 Å². The molecule has 0 fully saturated rings. The average molecular weight is 299 g/mol. The number of benzene rings is 1. The van der Waals surface area contributed by atoms with Crippen LogP contribution in [0.4, 0.5) is 0 Å². The second-order valence-corrected chi connectivity index (χ2v) is 6.50. The Balaban J connectivity index is 1.77. The molecule has 20 heavy (non-hydrogen) atoms. The van der Waals surface area contributed by atoms with Gasteiger partial charge in [-0.1, -0.05) is 11.6 Å². The summed E-state index contributed by atoms with van der Waals surface area (Å²) in [6.45, 7) is 3.73. The smallest absolute Gasteiger partial charge is 0.123 e. The fourth-order valence-electron chi connectivity index (χ4n) is 2.64. The van der Waals surface area contributed by atoms with Gasteiger partial charge in [0.25, 0.3) is 0 Å². The molecule has 1 heterocycles. The molecule has 4 nitrogen and oxygen atoms in total. The molecule has 5 heteroatoms. The maximum Gasteiger partial charge on any atom is 0.123 e. The summed E-state index contributed by atoms with van der Waals surface area (Å²) in [5, 5.41) is 14.2. The van der Waals surface area contributed by atoms with E-state index in [0.717, 1.165) is 29.3 Å². The Hall–Kier alpha value is -0.810. The van der Waals surface area contributed by atoms with Crippen LogP contribution < -0.4 is 10.1 Å². The van der Waals surface area contributed by atoms with Gasteiger partial charge in [-0.3, -0.25) is 0 Å². The minimum Gasteiger partial charge on any atom is -0.488 e. The number of aliphatic hydroxyl groups is 1. The number of hydrogen-bond donors (Lipinski definition) is 2. The van der Waals surface area contributed by atoms with Gasteiger partial charge < -0.3 is 20.1 Å². The van der Waals surface area contributed by atoms with Crippen molar-refractivity contribution in [1.29, 1.82) is 0 Å². The zero-order valence-corrected chi connectivity index (χ0v) is 13.1. The molecule has 2 unspecified atom stereocenters. The van der Waals surface area contributed by atoms with Gasteiger partial charge in [0, 0.05) is 31.1 Å². The van der Waals surface area contributed by atoms with Crippen molar-refractivity contribution in [3.05, 3.63) is 28.8 Å². The molecule has 0 aliphatic carbocycles. The van der Waals surface area contributed by atoms with Crippen LogP contribution in [0.2, 0.25) is 5.02 Å². The summed E-state index contributed by atoms with van der Waals surface area (Å²) in [6, 6.07) is 5.72. The van der Waals surface area contributed by atoms with E-state index in [9.17, 15) is 5.11 Å². The minimum absolute atomic E-state index is 0.110. The fourth-order valence-corrected chi connectivity index (χ4v) is 2.84. The summed E-state index contributed by atoms with van der Waals surface area (Å²) in [5.41, 5.74) is 0.419. The van der Waals surface area contributed by atoms with Crippen molar-refractivity contribution < 1.29 is 9.84 Å². The quantitative estimate of drug-likeness (QED) is 0.836. The van der Waals surface area contributed by atoms with E-state index in [1.165, 1.54) is 0 Å². The highest BCUT2D eigenvalue weighted by molar-refractivity contribution is 6.30. The highest BCUT2D eigenvalue weighted by atomic mass is 35.5. The van der Waals surface area contributed by atoms with E-state index >= 15 is 0 Å². The lowest BCUT2D eigenvalue weighted by Gasteiger charge is -2.27. The van der Waals surface area contributed by atoms with E-state index in [2.05, 4.69) is 5.32 Å². The molecule has 0 radical (unpaired) electrons. The lowest BCUT2D eigenvalue weighted by atomic mass is 10.1. The van der Waals surface area contributed by atoms with E-state index in [4.69, 9.17) is 16.3 Å². The molecule has 2 rings (SSSR count). The number of rotatable bonds is 6. The molecule has 0 amide bonds. The predicted octanol–water partition coefficient (Wildman–Crippen LogP) is 1.55. The first-order valence-corrected chi connectivity index (χ1v) is 7.26. The van der Waals surface area contributed by atoms with Crippen molar-refractivity contribution in [3.63, 3.8) is 0 Å². The highest BCUT2D eigenvalue weighted by Crippen LogP contribution is 2.30. The largest absolute Gasteiger partial charge is 0.488 e. The fraction of sp³-hybridized carbons (Fsp3) is 0.600. The summed E-state index contributed by atoms with van der Waals surface area (Å²) in [4.78, 5) is 1.98. The molecular formula is C15H23ClN2O2. The van der Waals surface area contributed by atoms with Gasteiger partial charge in [-0.2, -0.15) is 0 Å².